The third-order valence-corrected chi connectivity index (χ3v) is 3.74. The number of urea groups is 1. The lowest BCUT2D eigenvalue weighted by Gasteiger charge is -2.08. The number of aromatic amines is 1. The molecule has 5 nitrogen and oxygen atoms in total. The van der Waals surface area contributed by atoms with E-state index in [4.69, 9.17) is 11.6 Å². The maximum atomic E-state index is 12.0. The van der Waals surface area contributed by atoms with E-state index >= 15 is 0 Å². The second-order valence-corrected chi connectivity index (χ2v) is 5.42. The van der Waals surface area contributed by atoms with Crippen molar-refractivity contribution in [3.63, 3.8) is 0 Å². The average molecular weight is 291 g/mol. The van der Waals surface area contributed by atoms with Gasteiger partial charge in [0.15, 0.2) is 0 Å². The van der Waals surface area contributed by atoms with Gasteiger partial charge in [0.2, 0.25) is 0 Å². The smallest absolute Gasteiger partial charge is 0.308 e. The fraction of sp³-hybridized carbons (Fsp3) is 0.286. The van der Waals surface area contributed by atoms with Crippen molar-refractivity contribution in [1.29, 1.82) is 0 Å². The van der Waals surface area contributed by atoms with E-state index in [0.717, 1.165) is 29.8 Å². The molecule has 1 fully saturated rings. The molecule has 3 N–H and O–H groups in total. The number of hydrogen-bond donors (Lipinski definition) is 3. The summed E-state index contributed by atoms with van der Waals surface area (Å²) in [4.78, 5) is 12.0. The number of carbonyl (C=O) groups is 1. The van der Waals surface area contributed by atoms with Crippen molar-refractivity contribution >= 4 is 29.0 Å². The lowest BCUT2D eigenvalue weighted by atomic mass is 10.2. The predicted octanol–water partition coefficient (Wildman–Crippen LogP) is 3.89. The summed E-state index contributed by atoms with van der Waals surface area (Å²) in [5.41, 5.74) is 3.38. The minimum absolute atomic E-state index is 0.298. The van der Waals surface area contributed by atoms with Gasteiger partial charge in [0.1, 0.15) is 0 Å². The van der Waals surface area contributed by atoms with Gasteiger partial charge in [-0.15, -0.1) is 0 Å². The molecule has 20 heavy (non-hydrogen) atoms. The van der Waals surface area contributed by atoms with Crippen LogP contribution in [-0.4, -0.2) is 16.2 Å². The van der Waals surface area contributed by atoms with Crippen LogP contribution in [0.3, 0.4) is 0 Å². The maximum Gasteiger partial charge on any atom is 0.323 e. The number of halogens is 1. The largest absolute Gasteiger partial charge is 0.323 e. The second-order valence-electron chi connectivity index (χ2n) is 5.01. The third kappa shape index (κ3) is 2.77. The molecule has 2 amide bonds. The molecule has 1 aromatic heterocycles. The molecule has 0 unspecified atom stereocenters. The summed E-state index contributed by atoms with van der Waals surface area (Å²) < 4.78 is 0. The Balaban J connectivity index is 1.67. The van der Waals surface area contributed by atoms with Gasteiger partial charge in [-0.25, -0.2) is 4.79 Å². The van der Waals surface area contributed by atoms with E-state index in [9.17, 15) is 4.79 Å². The van der Waals surface area contributed by atoms with Gasteiger partial charge in [0.05, 0.1) is 17.6 Å². The quantitative estimate of drug-likeness (QED) is 0.802. The SMILES string of the molecule is Cc1ccc(NC(=O)Nc2cn[nH]c2C2CC2)cc1Cl. The molecule has 0 radical (unpaired) electrons. The maximum absolute atomic E-state index is 12.0. The zero-order valence-corrected chi connectivity index (χ0v) is 11.8. The highest BCUT2D eigenvalue weighted by molar-refractivity contribution is 6.31. The molecule has 1 aliphatic rings. The van der Waals surface area contributed by atoms with Crippen LogP contribution in [0.1, 0.15) is 30.0 Å². The Morgan fingerprint density at radius 2 is 2.20 bits per heavy atom. The highest BCUT2D eigenvalue weighted by atomic mass is 35.5. The fourth-order valence-electron chi connectivity index (χ4n) is 2.03. The van der Waals surface area contributed by atoms with E-state index < -0.39 is 0 Å². The molecule has 3 rings (SSSR count). The number of anilines is 2. The van der Waals surface area contributed by atoms with Crippen molar-refractivity contribution in [2.75, 3.05) is 10.6 Å². The Bertz CT molecular complexity index is 648. The number of aryl methyl sites for hydroxylation is 1. The van der Waals surface area contributed by atoms with E-state index in [1.807, 2.05) is 19.1 Å². The number of amides is 2. The predicted molar refractivity (Wildman–Crippen MR) is 79.4 cm³/mol. The molecule has 6 heteroatoms. The first-order chi connectivity index (χ1) is 9.63. The first-order valence-electron chi connectivity index (χ1n) is 6.51. The van der Waals surface area contributed by atoms with E-state index in [-0.39, 0.29) is 6.03 Å². The molecule has 1 aliphatic carbocycles. The summed E-state index contributed by atoms with van der Waals surface area (Å²) in [5, 5.41) is 13.1. The van der Waals surface area contributed by atoms with Crippen LogP contribution < -0.4 is 10.6 Å². The van der Waals surface area contributed by atoms with Crippen LogP contribution in [0.5, 0.6) is 0 Å². The van der Waals surface area contributed by atoms with E-state index in [1.165, 1.54) is 0 Å². The highest BCUT2D eigenvalue weighted by Gasteiger charge is 2.28. The normalized spacial score (nSPS) is 14.1. The minimum atomic E-state index is -0.298. The number of hydrogen-bond acceptors (Lipinski definition) is 2. The Labute approximate surface area is 121 Å². The Hall–Kier alpha value is -2.01. The summed E-state index contributed by atoms with van der Waals surface area (Å²) in [6.45, 7) is 1.92. The van der Waals surface area contributed by atoms with Crippen LogP contribution in [0.4, 0.5) is 16.2 Å². The highest BCUT2D eigenvalue weighted by Crippen LogP contribution is 2.42. The molecule has 0 saturated heterocycles. The molecule has 0 spiro atoms. The van der Waals surface area contributed by atoms with Gasteiger partial charge in [-0.3, -0.25) is 5.10 Å². The van der Waals surface area contributed by atoms with Gasteiger partial charge in [-0.05, 0) is 37.5 Å². The van der Waals surface area contributed by atoms with Crippen molar-refractivity contribution in [3.8, 4) is 0 Å². The number of nitrogens with zero attached hydrogens (tertiary/aromatic N) is 1. The van der Waals surface area contributed by atoms with Crippen molar-refractivity contribution in [2.24, 2.45) is 0 Å². The molecule has 1 heterocycles. The van der Waals surface area contributed by atoms with Crippen molar-refractivity contribution < 1.29 is 4.79 Å². The Morgan fingerprint density at radius 3 is 2.90 bits per heavy atom. The molecule has 0 aliphatic heterocycles. The van der Waals surface area contributed by atoms with Crippen LogP contribution in [-0.2, 0) is 0 Å². The zero-order valence-electron chi connectivity index (χ0n) is 11.0. The fourth-order valence-corrected chi connectivity index (χ4v) is 2.21. The van der Waals surface area contributed by atoms with Gasteiger partial charge in [-0.2, -0.15) is 5.10 Å². The lowest BCUT2D eigenvalue weighted by Crippen LogP contribution is -2.19. The number of H-pyrrole nitrogens is 1. The molecule has 1 aromatic carbocycles. The van der Waals surface area contributed by atoms with Crippen LogP contribution >= 0.6 is 11.6 Å². The van der Waals surface area contributed by atoms with Crippen molar-refractivity contribution in [2.45, 2.75) is 25.7 Å². The van der Waals surface area contributed by atoms with Gasteiger partial charge in [0.25, 0.3) is 0 Å². The number of aromatic nitrogens is 2. The summed E-state index contributed by atoms with van der Waals surface area (Å²) in [5.74, 6) is 0.501. The summed E-state index contributed by atoms with van der Waals surface area (Å²) in [6, 6.07) is 5.12. The van der Waals surface area contributed by atoms with Gasteiger partial charge in [-0.1, -0.05) is 17.7 Å². The van der Waals surface area contributed by atoms with Crippen LogP contribution in [0.15, 0.2) is 24.4 Å². The molecular weight excluding hydrogens is 276 g/mol. The minimum Gasteiger partial charge on any atom is -0.308 e. The Kier molecular flexibility index (Phi) is 3.36. The molecule has 0 bridgehead atoms. The first kappa shape index (κ1) is 13.0. The van der Waals surface area contributed by atoms with Crippen LogP contribution in [0, 0.1) is 6.92 Å². The third-order valence-electron chi connectivity index (χ3n) is 3.33. The van der Waals surface area contributed by atoms with Gasteiger partial charge in [0, 0.05) is 16.6 Å². The summed E-state index contributed by atoms with van der Waals surface area (Å²) in [7, 11) is 0. The molecule has 104 valence electrons. The van der Waals surface area contributed by atoms with Crippen molar-refractivity contribution in [1.82, 2.24) is 10.2 Å². The van der Waals surface area contributed by atoms with Gasteiger partial charge >= 0.3 is 6.03 Å². The second kappa shape index (κ2) is 5.17. The summed E-state index contributed by atoms with van der Waals surface area (Å²) in [6.07, 6.45) is 3.92. The van der Waals surface area contributed by atoms with Crippen molar-refractivity contribution in [3.05, 3.63) is 40.7 Å². The average Bonchev–Trinajstić information content (AvgIpc) is 3.15. The van der Waals surface area contributed by atoms with Gasteiger partial charge < -0.3 is 10.6 Å². The molecule has 0 atom stereocenters. The topological polar surface area (TPSA) is 69.8 Å². The standard InChI is InChI=1S/C14H15ClN4O/c1-8-2-5-10(6-11(8)15)17-14(20)18-12-7-16-19-13(12)9-3-4-9/h2,5-7,9H,3-4H2,1H3,(H,16,19)(H2,17,18,20). The lowest BCUT2D eigenvalue weighted by molar-refractivity contribution is 0.262. The zero-order chi connectivity index (χ0) is 14.1. The molecular formula is C14H15ClN4O. The molecule has 1 saturated carbocycles. The van der Waals surface area contributed by atoms with Crippen LogP contribution in [0.25, 0.3) is 0 Å². The van der Waals surface area contributed by atoms with E-state index in [2.05, 4.69) is 20.8 Å². The first-order valence-corrected chi connectivity index (χ1v) is 6.88. The number of carbonyl (C=O) groups excluding carboxylic acids is 1. The van der Waals surface area contributed by atoms with E-state index in [1.54, 1.807) is 12.3 Å². The number of nitrogens with one attached hydrogen (secondary N) is 3. The monoisotopic (exact) mass is 290 g/mol. The summed E-state index contributed by atoms with van der Waals surface area (Å²) >= 11 is 6.03. The molecule has 2 aromatic rings. The van der Waals surface area contributed by atoms with E-state index in [0.29, 0.717) is 16.6 Å². The number of benzene rings is 1. The number of rotatable bonds is 3. The Morgan fingerprint density at radius 1 is 1.40 bits per heavy atom. The van der Waals surface area contributed by atoms with Crippen LogP contribution in [0.2, 0.25) is 5.02 Å².